The van der Waals surface area contributed by atoms with Crippen molar-refractivity contribution in [3.05, 3.63) is 71.8 Å². The highest BCUT2D eigenvalue weighted by Gasteiger charge is 2.32. The van der Waals surface area contributed by atoms with Gasteiger partial charge in [-0.15, -0.1) is 0 Å². The molecule has 2 aromatic carbocycles. The van der Waals surface area contributed by atoms with Gasteiger partial charge in [0.25, 0.3) is 0 Å². The number of benzene rings is 2. The number of nitrogens with one attached hydrogen (secondary N) is 2. The van der Waals surface area contributed by atoms with E-state index in [-0.39, 0.29) is 23.3 Å². The number of methoxy groups -OCH3 is 1. The lowest BCUT2D eigenvalue weighted by molar-refractivity contribution is -0.125. The maximum absolute atomic E-state index is 12.8. The average molecular weight is 473 g/mol. The Bertz CT molecular complexity index is 1110. The van der Waals surface area contributed by atoms with Gasteiger partial charge in [-0.1, -0.05) is 42.5 Å². The molecule has 0 saturated carbocycles. The van der Waals surface area contributed by atoms with Crippen molar-refractivity contribution in [1.29, 1.82) is 0 Å². The molecule has 33 heavy (non-hydrogen) atoms. The van der Waals surface area contributed by atoms with Gasteiger partial charge >= 0.3 is 0 Å². The van der Waals surface area contributed by atoms with E-state index in [1.54, 1.807) is 24.3 Å². The second-order valence-corrected chi connectivity index (χ2v) is 9.97. The van der Waals surface area contributed by atoms with Crippen LogP contribution in [0.5, 0.6) is 5.75 Å². The molecule has 2 aliphatic rings. The summed E-state index contributed by atoms with van der Waals surface area (Å²) in [7, 11) is -2.41. The number of rotatable bonds is 8. The van der Waals surface area contributed by atoms with Crippen LogP contribution in [-0.4, -0.2) is 57.4 Å². The standard InChI is InChI=1S/C24H28N2O6S/c1-31-19-7-4-8-21(13-19)33(29,30)26-22-10-9-20(32-23(22)15-27)14-24(28)25-18-11-16-5-2-3-6-17(16)12-18/h2-10,13,18,20,22-23,26-27H,11-12,14-15H2,1H3,(H,25,28)/t20-,22-,23-/m1/s1. The highest BCUT2D eigenvalue weighted by atomic mass is 32.2. The number of aliphatic hydroxyl groups is 1. The average Bonchev–Trinajstić information content (AvgIpc) is 3.22. The number of carbonyl (C=O) groups excluding carboxylic acids is 1. The molecule has 0 spiro atoms. The van der Waals surface area contributed by atoms with Crippen LogP contribution in [0.25, 0.3) is 0 Å². The first-order chi connectivity index (χ1) is 15.9. The zero-order valence-corrected chi connectivity index (χ0v) is 19.1. The van der Waals surface area contributed by atoms with Crippen LogP contribution in [0.4, 0.5) is 0 Å². The summed E-state index contributed by atoms with van der Waals surface area (Å²) in [5, 5.41) is 12.8. The van der Waals surface area contributed by atoms with E-state index in [4.69, 9.17) is 9.47 Å². The fourth-order valence-electron chi connectivity index (χ4n) is 4.26. The summed E-state index contributed by atoms with van der Waals surface area (Å²) in [6.07, 6.45) is 3.62. The van der Waals surface area contributed by atoms with Crippen LogP contribution < -0.4 is 14.8 Å². The Morgan fingerprint density at radius 3 is 2.52 bits per heavy atom. The molecule has 3 atom stereocenters. The van der Waals surface area contributed by atoms with E-state index in [1.165, 1.54) is 30.4 Å². The van der Waals surface area contributed by atoms with E-state index in [9.17, 15) is 18.3 Å². The van der Waals surface area contributed by atoms with Crippen molar-refractivity contribution in [2.24, 2.45) is 0 Å². The van der Waals surface area contributed by atoms with Gasteiger partial charge in [0, 0.05) is 12.1 Å². The fourth-order valence-corrected chi connectivity index (χ4v) is 5.51. The minimum Gasteiger partial charge on any atom is -0.497 e. The van der Waals surface area contributed by atoms with Gasteiger partial charge in [0.2, 0.25) is 15.9 Å². The molecular formula is C24H28N2O6S. The number of hydrogen-bond acceptors (Lipinski definition) is 6. The molecule has 1 heterocycles. The Balaban J connectivity index is 1.35. The summed E-state index contributed by atoms with van der Waals surface area (Å²) >= 11 is 0. The van der Waals surface area contributed by atoms with Crippen molar-refractivity contribution in [1.82, 2.24) is 10.0 Å². The van der Waals surface area contributed by atoms with E-state index in [0.717, 1.165) is 12.8 Å². The number of ether oxygens (including phenoxy) is 2. The van der Waals surface area contributed by atoms with Crippen molar-refractivity contribution < 1.29 is 27.8 Å². The van der Waals surface area contributed by atoms with Crippen LogP contribution in [-0.2, 0) is 32.4 Å². The van der Waals surface area contributed by atoms with E-state index in [2.05, 4.69) is 22.2 Å². The summed E-state index contributed by atoms with van der Waals surface area (Å²) in [6, 6.07) is 13.5. The first-order valence-corrected chi connectivity index (χ1v) is 12.3. The van der Waals surface area contributed by atoms with Gasteiger partial charge in [-0.25, -0.2) is 13.1 Å². The molecule has 0 bridgehead atoms. The van der Waals surface area contributed by atoms with Gasteiger partial charge in [0.1, 0.15) is 11.9 Å². The van der Waals surface area contributed by atoms with Crippen molar-refractivity contribution in [2.45, 2.75) is 48.4 Å². The molecule has 0 saturated heterocycles. The molecular weight excluding hydrogens is 444 g/mol. The molecule has 1 amide bonds. The van der Waals surface area contributed by atoms with Crippen LogP contribution in [0.15, 0.2) is 65.6 Å². The van der Waals surface area contributed by atoms with Crippen molar-refractivity contribution in [3.63, 3.8) is 0 Å². The van der Waals surface area contributed by atoms with E-state index in [0.29, 0.717) is 5.75 Å². The molecule has 1 aliphatic heterocycles. The maximum atomic E-state index is 12.8. The molecule has 2 aromatic rings. The Morgan fingerprint density at radius 2 is 1.85 bits per heavy atom. The van der Waals surface area contributed by atoms with Gasteiger partial charge in [-0.2, -0.15) is 0 Å². The minimum absolute atomic E-state index is 0.0472. The van der Waals surface area contributed by atoms with Crippen LogP contribution in [0.1, 0.15) is 17.5 Å². The smallest absolute Gasteiger partial charge is 0.241 e. The largest absolute Gasteiger partial charge is 0.497 e. The molecule has 1 aliphatic carbocycles. The highest BCUT2D eigenvalue weighted by molar-refractivity contribution is 7.89. The second-order valence-electron chi connectivity index (χ2n) is 8.25. The Hall–Kier alpha value is -2.72. The third kappa shape index (κ3) is 5.62. The SMILES string of the molecule is COc1cccc(S(=O)(=O)N[C@@H]2C=C[C@H](CC(=O)NC3Cc4ccccc4C3)O[C@@H]2CO)c1. The number of aliphatic hydroxyl groups excluding tert-OH is 1. The topological polar surface area (TPSA) is 114 Å². The number of carbonyl (C=O) groups is 1. The van der Waals surface area contributed by atoms with Gasteiger partial charge < -0.3 is 19.9 Å². The zero-order valence-electron chi connectivity index (χ0n) is 18.3. The molecule has 0 radical (unpaired) electrons. The van der Waals surface area contributed by atoms with Gasteiger partial charge in [0.05, 0.1) is 37.2 Å². The lowest BCUT2D eigenvalue weighted by Crippen LogP contribution is -2.49. The quantitative estimate of drug-likeness (QED) is 0.500. The fraction of sp³-hybridized carbons (Fsp3) is 0.375. The Morgan fingerprint density at radius 1 is 1.12 bits per heavy atom. The monoisotopic (exact) mass is 472 g/mol. The predicted molar refractivity (Wildman–Crippen MR) is 122 cm³/mol. The lowest BCUT2D eigenvalue weighted by atomic mass is 10.1. The molecule has 176 valence electrons. The van der Waals surface area contributed by atoms with Crippen molar-refractivity contribution >= 4 is 15.9 Å². The number of sulfonamides is 1. The van der Waals surface area contributed by atoms with E-state index in [1.807, 2.05) is 12.1 Å². The third-order valence-electron chi connectivity index (χ3n) is 5.91. The van der Waals surface area contributed by atoms with Crippen LogP contribution in [0.3, 0.4) is 0 Å². The number of fused-ring (bicyclic) bond motifs is 1. The predicted octanol–water partition coefficient (Wildman–Crippen LogP) is 1.33. The van der Waals surface area contributed by atoms with E-state index < -0.39 is 34.9 Å². The molecule has 3 N–H and O–H groups in total. The highest BCUT2D eigenvalue weighted by Crippen LogP contribution is 2.23. The number of hydrogen-bond donors (Lipinski definition) is 3. The molecule has 0 fully saturated rings. The lowest BCUT2D eigenvalue weighted by Gasteiger charge is -2.31. The molecule has 0 unspecified atom stereocenters. The maximum Gasteiger partial charge on any atom is 0.241 e. The minimum atomic E-state index is -3.87. The summed E-state index contributed by atoms with van der Waals surface area (Å²) in [5.41, 5.74) is 2.51. The van der Waals surface area contributed by atoms with Gasteiger partial charge in [-0.05, 0) is 36.1 Å². The Labute approximate surface area is 193 Å². The zero-order chi connectivity index (χ0) is 23.4. The first kappa shape index (κ1) is 23.4. The summed E-state index contributed by atoms with van der Waals surface area (Å²) < 4.78 is 39.0. The summed E-state index contributed by atoms with van der Waals surface area (Å²) in [5.74, 6) is 0.276. The van der Waals surface area contributed by atoms with Crippen LogP contribution in [0, 0.1) is 0 Å². The molecule has 8 nitrogen and oxygen atoms in total. The van der Waals surface area contributed by atoms with Crippen LogP contribution >= 0.6 is 0 Å². The summed E-state index contributed by atoms with van der Waals surface area (Å²) in [4.78, 5) is 12.6. The normalized spacial score (nSPS) is 22.7. The van der Waals surface area contributed by atoms with Crippen molar-refractivity contribution in [2.75, 3.05) is 13.7 Å². The molecule has 0 aromatic heterocycles. The first-order valence-electron chi connectivity index (χ1n) is 10.8. The molecule has 9 heteroatoms. The van der Waals surface area contributed by atoms with Gasteiger partial charge in [-0.3, -0.25) is 4.79 Å². The van der Waals surface area contributed by atoms with E-state index >= 15 is 0 Å². The van der Waals surface area contributed by atoms with Gasteiger partial charge in [0.15, 0.2) is 0 Å². The van der Waals surface area contributed by atoms with Crippen LogP contribution in [0.2, 0.25) is 0 Å². The van der Waals surface area contributed by atoms with Crippen molar-refractivity contribution in [3.8, 4) is 5.75 Å². The molecule has 4 rings (SSSR count). The Kier molecular flexibility index (Phi) is 7.14. The second kappa shape index (κ2) is 10.0. The third-order valence-corrected chi connectivity index (χ3v) is 7.37. The summed E-state index contributed by atoms with van der Waals surface area (Å²) in [6.45, 7) is -0.397. The number of amides is 1.